The summed E-state index contributed by atoms with van der Waals surface area (Å²) in [6, 6.07) is 12.7. The average molecular weight is 478 g/mol. The first-order valence-corrected chi connectivity index (χ1v) is 11.7. The van der Waals surface area contributed by atoms with Crippen LogP contribution in [0, 0.1) is 12.7 Å². The minimum absolute atomic E-state index is 0.0195. The molecule has 0 aliphatic carbocycles. The third kappa shape index (κ3) is 4.29. The van der Waals surface area contributed by atoms with Crippen molar-refractivity contribution in [1.29, 1.82) is 0 Å². The third-order valence-corrected chi connectivity index (χ3v) is 6.77. The number of aryl methyl sites for hydroxylation is 1. The number of aromatic nitrogens is 3. The highest BCUT2D eigenvalue weighted by Gasteiger charge is 2.19. The molecule has 0 bridgehead atoms. The van der Waals surface area contributed by atoms with Crippen molar-refractivity contribution >= 4 is 34.1 Å². The molecule has 1 N–H and O–H groups in total. The molecule has 34 heavy (non-hydrogen) atoms. The molecule has 8 heteroatoms. The van der Waals surface area contributed by atoms with Gasteiger partial charge < -0.3 is 10.2 Å². The maximum Gasteiger partial charge on any atom is 0.266 e. The number of fused-ring (bicyclic) bond motifs is 1. The Morgan fingerprint density at radius 2 is 1.85 bits per heavy atom. The molecule has 0 amide bonds. The number of nitrogens with zero attached hydrogens (tertiary/aromatic N) is 4. The summed E-state index contributed by atoms with van der Waals surface area (Å²) >= 11 is 6.18. The number of likely N-dealkylation sites (tertiary alicyclic amines) is 1. The number of benzene rings is 2. The Hall–Kier alpha value is -3.29. The number of nitrogens with one attached hydrogen (secondary N) is 1. The molecule has 0 atom stereocenters. The van der Waals surface area contributed by atoms with E-state index in [-0.39, 0.29) is 10.7 Å². The van der Waals surface area contributed by atoms with Gasteiger partial charge in [0.2, 0.25) is 5.95 Å². The van der Waals surface area contributed by atoms with Crippen LogP contribution in [0.2, 0.25) is 5.02 Å². The largest absolute Gasteiger partial charge is 0.324 e. The molecule has 6 nitrogen and oxygen atoms in total. The van der Waals surface area contributed by atoms with E-state index in [9.17, 15) is 9.18 Å². The maximum absolute atomic E-state index is 14.4. The van der Waals surface area contributed by atoms with Crippen LogP contribution < -0.4 is 10.9 Å². The lowest BCUT2D eigenvalue weighted by Crippen LogP contribution is -2.29. The monoisotopic (exact) mass is 477 g/mol. The molecule has 0 saturated carbocycles. The average Bonchev–Trinajstić information content (AvgIpc) is 2.83. The van der Waals surface area contributed by atoms with E-state index in [2.05, 4.69) is 39.4 Å². The van der Waals surface area contributed by atoms with Crippen LogP contribution in [0.4, 0.5) is 16.0 Å². The molecule has 1 saturated heterocycles. The fourth-order valence-corrected chi connectivity index (χ4v) is 4.79. The van der Waals surface area contributed by atoms with Crippen molar-refractivity contribution in [2.45, 2.75) is 25.7 Å². The van der Waals surface area contributed by atoms with Crippen molar-refractivity contribution in [3.05, 3.63) is 87.2 Å². The Balaban J connectivity index is 1.43. The third-order valence-electron chi connectivity index (χ3n) is 6.47. The zero-order valence-electron chi connectivity index (χ0n) is 19.1. The van der Waals surface area contributed by atoms with E-state index in [1.807, 2.05) is 19.1 Å². The highest BCUT2D eigenvalue weighted by Crippen LogP contribution is 2.29. The molecular formula is C26H25ClFN5O. The van der Waals surface area contributed by atoms with Gasteiger partial charge in [-0.3, -0.25) is 9.36 Å². The van der Waals surface area contributed by atoms with Gasteiger partial charge in [-0.1, -0.05) is 29.8 Å². The van der Waals surface area contributed by atoms with Gasteiger partial charge in [0, 0.05) is 18.1 Å². The van der Waals surface area contributed by atoms with Crippen molar-refractivity contribution in [1.82, 2.24) is 19.4 Å². The highest BCUT2D eigenvalue weighted by molar-refractivity contribution is 6.32. The van der Waals surface area contributed by atoms with Gasteiger partial charge in [0.05, 0.1) is 15.9 Å². The summed E-state index contributed by atoms with van der Waals surface area (Å²) in [4.78, 5) is 24.4. The fourth-order valence-electron chi connectivity index (χ4n) is 4.54. The lowest BCUT2D eigenvalue weighted by atomic mass is 9.89. The molecule has 2 aromatic heterocycles. The zero-order chi connectivity index (χ0) is 23.8. The summed E-state index contributed by atoms with van der Waals surface area (Å²) in [7, 11) is 2.17. The number of hydrogen-bond donors (Lipinski definition) is 1. The second kappa shape index (κ2) is 9.16. The highest BCUT2D eigenvalue weighted by atomic mass is 35.5. The number of pyridine rings is 1. The number of piperidine rings is 1. The standard InChI is InChI=1S/C26H25ClFN5O/c1-16-15-33(24-21(27)4-3-5-22(24)28)25(34)20-14-29-26(31-23(16)20)30-19-8-6-17(7-9-19)18-10-12-32(2)13-11-18/h3-9,14-15,18H,10-13H2,1-2H3,(H,29,30,31). The van der Waals surface area contributed by atoms with Gasteiger partial charge in [0.15, 0.2) is 0 Å². The molecular weight excluding hydrogens is 453 g/mol. The van der Waals surface area contributed by atoms with Crippen LogP contribution >= 0.6 is 11.6 Å². The quantitative estimate of drug-likeness (QED) is 0.424. The van der Waals surface area contributed by atoms with Crippen molar-refractivity contribution in [2.75, 3.05) is 25.5 Å². The Bertz CT molecular complexity index is 1390. The molecule has 0 spiro atoms. The summed E-state index contributed by atoms with van der Waals surface area (Å²) in [5.41, 5.74) is 3.03. The Labute approximate surface area is 202 Å². The van der Waals surface area contributed by atoms with E-state index in [1.165, 1.54) is 41.3 Å². The lowest BCUT2D eigenvalue weighted by molar-refractivity contribution is 0.255. The van der Waals surface area contributed by atoms with E-state index in [4.69, 9.17) is 11.6 Å². The van der Waals surface area contributed by atoms with Gasteiger partial charge in [-0.2, -0.15) is 0 Å². The van der Waals surface area contributed by atoms with E-state index >= 15 is 0 Å². The molecule has 1 fully saturated rings. The van der Waals surface area contributed by atoms with Crippen LogP contribution in [0.3, 0.4) is 0 Å². The molecule has 1 aliphatic rings. The van der Waals surface area contributed by atoms with Crippen LogP contribution in [0.25, 0.3) is 16.6 Å². The van der Waals surface area contributed by atoms with Gasteiger partial charge >= 0.3 is 0 Å². The smallest absolute Gasteiger partial charge is 0.266 e. The topological polar surface area (TPSA) is 63.1 Å². The van der Waals surface area contributed by atoms with Gasteiger partial charge in [-0.15, -0.1) is 0 Å². The molecule has 1 aliphatic heterocycles. The summed E-state index contributed by atoms with van der Waals surface area (Å²) in [5, 5.41) is 3.67. The van der Waals surface area contributed by atoms with Gasteiger partial charge in [-0.05, 0) is 81.2 Å². The molecule has 2 aromatic carbocycles. The minimum Gasteiger partial charge on any atom is -0.324 e. The number of anilines is 2. The second-order valence-electron chi connectivity index (χ2n) is 8.84. The predicted molar refractivity (Wildman–Crippen MR) is 134 cm³/mol. The fraction of sp³-hybridized carbons (Fsp3) is 0.269. The second-order valence-corrected chi connectivity index (χ2v) is 9.25. The summed E-state index contributed by atoms with van der Waals surface area (Å²) < 4.78 is 15.6. The van der Waals surface area contributed by atoms with Crippen LogP contribution in [-0.4, -0.2) is 39.6 Å². The van der Waals surface area contributed by atoms with Crippen molar-refractivity contribution < 1.29 is 4.39 Å². The first-order valence-electron chi connectivity index (χ1n) is 11.3. The Morgan fingerprint density at radius 3 is 2.56 bits per heavy atom. The molecule has 5 rings (SSSR count). The Morgan fingerprint density at radius 1 is 1.12 bits per heavy atom. The van der Waals surface area contributed by atoms with E-state index in [0.717, 1.165) is 18.8 Å². The lowest BCUT2D eigenvalue weighted by Gasteiger charge is -2.29. The van der Waals surface area contributed by atoms with Crippen LogP contribution in [0.15, 0.2) is 59.7 Å². The summed E-state index contributed by atoms with van der Waals surface area (Å²) in [6.45, 7) is 4.07. The van der Waals surface area contributed by atoms with Gasteiger partial charge in [-0.25, -0.2) is 14.4 Å². The normalized spacial score (nSPS) is 15.1. The number of halogens is 2. The molecule has 4 aromatic rings. The summed E-state index contributed by atoms with van der Waals surface area (Å²) in [6.07, 6.45) is 5.37. The number of rotatable bonds is 4. The van der Waals surface area contributed by atoms with Crippen LogP contribution in [0.1, 0.15) is 29.9 Å². The molecule has 0 radical (unpaired) electrons. The van der Waals surface area contributed by atoms with Crippen LogP contribution in [-0.2, 0) is 0 Å². The van der Waals surface area contributed by atoms with E-state index in [1.54, 1.807) is 12.3 Å². The van der Waals surface area contributed by atoms with Crippen LogP contribution in [0.5, 0.6) is 0 Å². The van der Waals surface area contributed by atoms with Crippen molar-refractivity contribution in [3.63, 3.8) is 0 Å². The molecule has 0 unspecified atom stereocenters. The van der Waals surface area contributed by atoms with E-state index in [0.29, 0.717) is 28.3 Å². The zero-order valence-corrected chi connectivity index (χ0v) is 19.8. The number of hydrogen-bond acceptors (Lipinski definition) is 5. The molecule has 174 valence electrons. The predicted octanol–water partition coefficient (Wildman–Crippen LogP) is 5.43. The molecule has 3 heterocycles. The maximum atomic E-state index is 14.4. The number of para-hydroxylation sites is 1. The van der Waals surface area contributed by atoms with Crippen molar-refractivity contribution in [2.24, 2.45) is 0 Å². The van der Waals surface area contributed by atoms with E-state index < -0.39 is 11.4 Å². The first-order chi connectivity index (χ1) is 16.4. The summed E-state index contributed by atoms with van der Waals surface area (Å²) in [5.74, 6) is 0.412. The minimum atomic E-state index is -0.573. The Kier molecular flexibility index (Phi) is 6.06. The van der Waals surface area contributed by atoms with Crippen molar-refractivity contribution in [3.8, 4) is 5.69 Å². The SMILES string of the molecule is Cc1cn(-c2c(F)cccc2Cl)c(=O)c2cnc(Nc3ccc(C4CCN(C)CC4)cc3)nc12. The van der Waals surface area contributed by atoms with Gasteiger partial charge in [0.25, 0.3) is 5.56 Å². The van der Waals surface area contributed by atoms with Gasteiger partial charge in [0.1, 0.15) is 11.5 Å². The first kappa shape index (κ1) is 22.5.